The van der Waals surface area contributed by atoms with Gasteiger partial charge in [0.25, 0.3) is 0 Å². The molecule has 1 fully saturated rings. The van der Waals surface area contributed by atoms with Gasteiger partial charge >= 0.3 is 5.97 Å². The second-order valence-electron chi connectivity index (χ2n) is 6.10. The van der Waals surface area contributed by atoms with Crippen LogP contribution in [0.5, 0.6) is 0 Å². The molecule has 2 N–H and O–H groups in total. The van der Waals surface area contributed by atoms with E-state index < -0.39 is 0 Å². The van der Waals surface area contributed by atoms with Gasteiger partial charge in [-0.2, -0.15) is 0 Å². The van der Waals surface area contributed by atoms with Crippen molar-refractivity contribution in [2.75, 3.05) is 7.11 Å². The van der Waals surface area contributed by atoms with Crippen LogP contribution in [0.25, 0.3) is 0 Å². The van der Waals surface area contributed by atoms with Gasteiger partial charge in [-0.15, -0.1) is 0 Å². The number of hydrogen-bond donors (Lipinski definition) is 1. The van der Waals surface area contributed by atoms with E-state index in [1.165, 1.54) is 50.3 Å². The fourth-order valence-electron chi connectivity index (χ4n) is 3.21. The third-order valence-electron chi connectivity index (χ3n) is 4.60. The van der Waals surface area contributed by atoms with Gasteiger partial charge in [-0.05, 0) is 42.7 Å². The van der Waals surface area contributed by atoms with Crippen LogP contribution in [0.4, 0.5) is 0 Å². The topological polar surface area (TPSA) is 52.3 Å². The molecule has 116 valence electrons. The van der Waals surface area contributed by atoms with Crippen LogP contribution in [-0.4, -0.2) is 13.1 Å². The number of ether oxygens (including phenoxy) is 1. The molecule has 0 amide bonds. The number of nitrogens with two attached hydrogens (primary N) is 1. The summed E-state index contributed by atoms with van der Waals surface area (Å²) in [6.45, 7) is 0. The van der Waals surface area contributed by atoms with Gasteiger partial charge in [0, 0.05) is 12.5 Å². The molecule has 1 unspecified atom stereocenters. The summed E-state index contributed by atoms with van der Waals surface area (Å²) in [6.07, 6.45) is 8.77. The third-order valence-corrected chi connectivity index (χ3v) is 4.60. The maximum Gasteiger partial charge on any atom is 0.305 e. The molecule has 2 rings (SSSR count). The van der Waals surface area contributed by atoms with Gasteiger partial charge in [0.05, 0.1) is 7.11 Å². The minimum absolute atomic E-state index is 0.133. The van der Waals surface area contributed by atoms with Crippen molar-refractivity contribution in [2.24, 2.45) is 11.7 Å². The molecule has 0 bridgehead atoms. The first-order valence-electron chi connectivity index (χ1n) is 8.12. The lowest BCUT2D eigenvalue weighted by Crippen LogP contribution is -2.23. The summed E-state index contributed by atoms with van der Waals surface area (Å²) < 4.78 is 4.65. The first-order valence-corrected chi connectivity index (χ1v) is 8.12. The molecular weight excluding hydrogens is 262 g/mol. The number of carbonyl (C=O) groups is 1. The van der Waals surface area contributed by atoms with E-state index in [1.807, 2.05) is 0 Å². The highest BCUT2D eigenvalue weighted by molar-refractivity contribution is 5.69. The molecule has 1 aromatic carbocycles. The zero-order valence-corrected chi connectivity index (χ0v) is 13.0. The van der Waals surface area contributed by atoms with E-state index in [1.54, 1.807) is 0 Å². The van der Waals surface area contributed by atoms with Crippen molar-refractivity contribution in [3.8, 4) is 0 Å². The highest BCUT2D eigenvalue weighted by atomic mass is 16.5. The summed E-state index contributed by atoms with van der Waals surface area (Å²) in [5.41, 5.74) is 8.93. The Kier molecular flexibility index (Phi) is 6.24. The second kappa shape index (κ2) is 8.18. The molecule has 21 heavy (non-hydrogen) atoms. The fourth-order valence-corrected chi connectivity index (χ4v) is 3.21. The molecule has 3 nitrogen and oxygen atoms in total. The van der Waals surface area contributed by atoms with Crippen LogP contribution in [0.15, 0.2) is 24.3 Å². The first-order chi connectivity index (χ1) is 10.2. The second-order valence-corrected chi connectivity index (χ2v) is 6.10. The molecule has 1 aliphatic carbocycles. The van der Waals surface area contributed by atoms with Crippen molar-refractivity contribution >= 4 is 5.97 Å². The van der Waals surface area contributed by atoms with E-state index in [2.05, 4.69) is 29.0 Å². The Morgan fingerprint density at radius 1 is 1.24 bits per heavy atom. The van der Waals surface area contributed by atoms with Crippen LogP contribution in [0.1, 0.15) is 62.1 Å². The van der Waals surface area contributed by atoms with E-state index in [9.17, 15) is 4.79 Å². The lowest BCUT2D eigenvalue weighted by atomic mass is 9.81. The van der Waals surface area contributed by atoms with Gasteiger partial charge in [-0.25, -0.2) is 0 Å². The summed E-state index contributed by atoms with van der Waals surface area (Å²) in [6, 6.07) is 8.79. The minimum atomic E-state index is -0.133. The van der Waals surface area contributed by atoms with Crippen molar-refractivity contribution in [1.29, 1.82) is 0 Å². The average Bonchev–Trinajstić information content (AvgIpc) is 2.55. The number of rotatable bonds is 6. The van der Waals surface area contributed by atoms with Gasteiger partial charge in [0.15, 0.2) is 0 Å². The summed E-state index contributed by atoms with van der Waals surface area (Å²) in [4.78, 5) is 11.1. The standard InChI is InChI=1S/C18H27NO2/c1-21-17(20)9-5-6-14-10-12-16(13-11-14)18(19)15-7-3-2-4-8-15/h10-13,15,18H,2-9,19H2,1H3. The SMILES string of the molecule is COC(=O)CCCc1ccc(C(N)C2CCCCC2)cc1. The lowest BCUT2D eigenvalue weighted by Gasteiger charge is -2.27. The van der Waals surface area contributed by atoms with Crippen molar-refractivity contribution in [1.82, 2.24) is 0 Å². The summed E-state index contributed by atoms with van der Waals surface area (Å²) in [5.74, 6) is 0.509. The van der Waals surface area contributed by atoms with Crippen molar-refractivity contribution < 1.29 is 9.53 Å². The van der Waals surface area contributed by atoms with Crippen molar-refractivity contribution in [3.63, 3.8) is 0 Å². The molecule has 1 saturated carbocycles. The number of hydrogen-bond acceptors (Lipinski definition) is 3. The number of esters is 1. The van der Waals surface area contributed by atoms with Gasteiger partial charge < -0.3 is 10.5 Å². The molecule has 0 radical (unpaired) electrons. The van der Waals surface area contributed by atoms with Gasteiger partial charge in [0.1, 0.15) is 0 Å². The van der Waals surface area contributed by atoms with E-state index in [4.69, 9.17) is 5.73 Å². The maximum atomic E-state index is 11.1. The zero-order valence-electron chi connectivity index (χ0n) is 13.0. The molecule has 1 aromatic rings. The van der Waals surface area contributed by atoms with Crippen molar-refractivity contribution in [2.45, 2.75) is 57.4 Å². The Labute approximate surface area is 127 Å². The van der Waals surface area contributed by atoms with Crippen LogP contribution in [0.2, 0.25) is 0 Å². The molecule has 0 saturated heterocycles. The Hall–Kier alpha value is -1.35. The maximum absolute atomic E-state index is 11.1. The van der Waals surface area contributed by atoms with Gasteiger partial charge in [-0.1, -0.05) is 43.5 Å². The highest BCUT2D eigenvalue weighted by Crippen LogP contribution is 2.32. The highest BCUT2D eigenvalue weighted by Gasteiger charge is 2.21. The summed E-state index contributed by atoms with van der Waals surface area (Å²) in [5, 5.41) is 0. The monoisotopic (exact) mass is 289 g/mol. The van der Waals surface area contributed by atoms with E-state index >= 15 is 0 Å². The van der Waals surface area contributed by atoms with Crippen LogP contribution < -0.4 is 5.73 Å². The predicted molar refractivity (Wildman–Crippen MR) is 84.9 cm³/mol. The van der Waals surface area contributed by atoms with E-state index in [-0.39, 0.29) is 12.0 Å². The summed E-state index contributed by atoms with van der Waals surface area (Å²) in [7, 11) is 1.43. The normalized spacial score (nSPS) is 17.4. The third kappa shape index (κ3) is 4.85. The van der Waals surface area contributed by atoms with Crippen LogP contribution in [-0.2, 0) is 16.0 Å². The molecule has 3 heteroatoms. The molecular formula is C18H27NO2. The Morgan fingerprint density at radius 3 is 2.52 bits per heavy atom. The molecule has 0 aliphatic heterocycles. The molecule has 1 aliphatic rings. The minimum Gasteiger partial charge on any atom is -0.469 e. The zero-order chi connectivity index (χ0) is 15.1. The molecule has 0 aromatic heterocycles. The number of benzene rings is 1. The Morgan fingerprint density at radius 2 is 1.90 bits per heavy atom. The predicted octanol–water partition coefficient (Wildman–Crippen LogP) is 3.76. The first kappa shape index (κ1) is 16.0. The van der Waals surface area contributed by atoms with E-state index in [0.717, 1.165) is 12.8 Å². The number of methoxy groups -OCH3 is 1. The smallest absolute Gasteiger partial charge is 0.305 e. The molecule has 0 spiro atoms. The fraction of sp³-hybridized carbons (Fsp3) is 0.611. The average molecular weight is 289 g/mol. The Balaban J connectivity index is 1.84. The quantitative estimate of drug-likeness (QED) is 0.811. The summed E-state index contributed by atoms with van der Waals surface area (Å²) >= 11 is 0. The molecule has 1 atom stereocenters. The number of aryl methyl sites for hydroxylation is 1. The lowest BCUT2D eigenvalue weighted by molar-refractivity contribution is -0.140. The van der Waals surface area contributed by atoms with E-state index in [0.29, 0.717) is 12.3 Å². The van der Waals surface area contributed by atoms with Crippen LogP contribution in [0.3, 0.4) is 0 Å². The molecule has 0 heterocycles. The van der Waals surface area contributed by atoms with Crippen molar-refractivity contribution in [3.05, 3.63) is 35.4 Å². The number of carbonyl (C=O) groups excluding carboxylic acids is 1. The largest absolute Gasteiger partial charge is 0.469 e. The van der Waals surface area contributed by atoms with Gasteiger partial charge in [0.2, 0.25) is 0 Å². The van der Waals surface area contributed by atoms with Gasteiger partial charge in [-0.3, -0.25) is 4.79 Å². The van der Waals surface area contributed by atoms with Crippen LogP contribution in [0, 0.1) is 5.92 Å². The Bertz CT molecular complexity index is 435. The van der Waals surface area contributed by atoms with Crippen LogP contribution >= 0.6 is 0 Å².